The lowest BCUT2D eigenvalue weighted by molar-refractivity contribution is -0.142. The fourth-order valence-corrected chi connectivity index (χ4v) is 3.72. The maximum absolute atomic E-state index is 13.0. The number of carbonyl (C=O) groups excluding carboxylic acids is 1. The van der Waals surface area contributed by atoms with Crippen LogP contribution in [0.3, 0.4) is 0 Å². The lowest BCUT2D eigenvalue weighted by Gasteiger charge is -2.36. The van der Waals surface area contributed by atoms with Gasteiger partial charge in [-0.2, -0.15) is 18.3 Å². The van der Waals surface area contributed by atoms with Gasteiger partial charge in [-0.05, 0) is 31.0 Å². The van der Waals surface area contributed by atoms with Crippen LogP contribution < -0.4 is 9.64 Å². The molecule has 0 bridgehead atoms. The van der Waals surface area contributed by atoms with Gasteiger partial charge in [0.1, 0.15) is 12.3 Å². The number of benzene rings is 1. The Morgan fingerprint density at radius 1 is 1.17 bits per heavy atom. The zero-order valence-corrected chi connectivity index (χ0v) is 16.2. The Labute approximate surface area is 166 Å². The molecule has 1 aromatic carbocycles. The van der Waals surface area contributed by atoms with E-state index >= 15 is 0 Å². The van der Waals surface area contributed by atoms with E-state index in [9.17, 15) is 18.0 Å². The number of rotatable bonds is 5. The zero-order chi connectivity index (χ0) is 20.6. The Kier molecular flexibility index (Phi) is 5.14. The molecule has 1 saturated carbocycles. The van der Waals surface area contributed by atoms with Crippen LogP contribution in [0.25, 0.3) is 0 Å². The standard InChI is InChI=1S/C20H23F3N4O2/c1-29-17-5-3-2-4-15(17)25-8-10-26(11-9-25)19(28)13-27-16(14-6-7-14)12-18(24-27)20(21,22)23/h2-5,12,14H,6-11,13H2,1H3. The maximum Gasteiger partial charge on any atom is 0.435 e. The topological polar surface area (TPSA) is 50.6 Å². The molecule has 1 aliphatic carbocycles. The van der Waals surface area contributed by atoms with Gasteiger partial charge in [-0.15, -0.1) is 0 Å². The van der Waals surface area contributed by atoms with Gasteiger partial charge in [0.2, 0.25) is 5.91 Å². The lowest BCUT2D eigenvalue weighted by atomic mass is 10.2. The van der Waals surface area contributed by atoms with E-state index in [-0.39, 0.29) is 18.4 Å². The number of anilines is 1. The minimum absolute atomic E-state index is 0.0776. The Balaban J connectivity index is 1.41. The molecule has 2 heterocycles. The highest BCUT2D eigenvalue weighted by molar-refractivity contribution is 5.76. The highest BCUT2D eigenvalue weighted by Gasteiger charge is 2.38. The number of aromatic nitrogens is 2. The minimum Gasteiger partial charge on any atom is -0.495 e. The van der Waals surface area contributed by atoms with Crippen molar-refractivity contribution >= 4 is 11.6 Å². The number of piperazine rings is 1. The molecule has 1 aliphatic heterocycles. The summed E-state index contributed by atoms with van der Waals surface area (Å²) in [5.41, 5.74) is 0.562. The molecule has 1 aromatic heterocycles. The molecule has 0 spiro atoms. The molecule has 0 radical (unpaired) electrons. The van der Waals surface area contributed by atoms with Crippen LogP contribution >= 0.6 is 0 Å². The summed E-state index contributed by atoms with van der Waals surface area (Å²) in [5.74, 6) is 0.648. The van der Waals surface area contributed by atoms with Gasteiger partial charge in [-0.25, -0.2) is 0 Å². The molecule has 2 fully saturated rings. The van der Waals surface area contributed by atoms with Gasteiger partial charge < -0.3 is 14.5 Å². The molecular weight excluding hydrogens is 385 g/mol. The number of nitrogens with zero attached hydrogens (tertiary/aromatic N) is 4. The Hall–Kier alpha value is -2.71. The monoisotopic (exact) mass is 408 g/mol. The zero-order valence-electron chi connectivity index (χ0n) is 16.2. The van der Waals surface area contributed by atoms with E-state index in [0.29, 0.717) is 31.9 Å². The van der Waals surface area contributed by atoms with E-state index in [0.717, 1.165) is 30.3 Å². The van der Waals surface area contributed by atoms with Crippen molar-refractivity contribution in [1.82, 2.24) is 14.7 Å². The van der Waals surface area contributed by atoms with E-state index in [1.54, 1.807) is 12.0 Å². The Morgan fingerprint density at radius 2 is 1.86 bits per heavy atom. The summed E-state index contributed by atoms with van der Waals surface area (Å²) in [6, 6.07) is 8.79. The number of para-hydroxylation sites is 2. The van der Waals surface area contributed by atoms with Gasteiger partial charge >= 0.3 is 6.18 Å². The van der Waals surface area contributed by atoms with Crippen LogP contribution in [0.1, 0.15) is 30.1 Å². The molecule has 156 valence electrons. The molecule has 0 N–H and O–H groups in total. The van der Waals surface area contributed by atoms with Gasteiger partial charge in [0.25, 0.3) is 0 Å². The van der Waals surface area contributed by atoms with Crippen LogP contribution in [0.15, 0.2) is 30.3 Å². The van der Waals surface area contributed by atoms with Crippen molar-refractivity contribution in [3.05, 3.63) is 41.7 Å². The summed E-state index contributed by atoms with van der Waals surface area (Å²) in [4.78, 5) is 16.6. The van der Waals surface area contributed by atoms with Crippen molar-refractivity contribution in [2.75, 3.05) is 38.2 Å². The van der Waals surface area contributed by atoms with E-state index in [4.69, 9.17) is 4.74 Å². The Morgan fingerprint density at radius 3 is 2.48 bits per heavy atom. The van der Waals surface area contributed by atoms with Crippen molar-refractivity contribution in [3.63, 3.8) is 0 Å². The molecule has 0 unspecified atom stereocenters. The van der Waals surface area contributed by atoms with E-state index in [2.05, 4.69) is 10.00 Å². The van der Waals surface area contributed by atoms with Gasteiger partial charge in [0.05, 0.1) is 12.8 Å². The quantitative estimate of drug-likeness (QED) is 0.763. The third-order valence-corrected chi connectivity index (χ3v) is 5.44. The van der Waals surface area contributed by atoms with E-state index in [1.165, 1.54) is 4.68 Å². The van der Waals surface area contributed by atoms with Crippen molar-refractivity contribution in [3.8, 4) is 5.75 Å². The van der Waals surface area contributed by atoms with Crippen LogP contribution in [0.2, 0.25) is 0 Å². The van der Waals surface area contributed by atoms with Crippen molar-refractivity contribution in [2.45, 2.75) is 31.5 Å². The molecule has 1 amide bonds. The third-order valence-electron chi connectivity index (χ3n) is 5.44. The second kappa shape index (κ2) is 7.61. The first kappa shape index (κ1) is 19.6. The molecule has 6 nitrogen and oxygen atoms in total. The molecule has 2 aliphatic rings. The van der Waals surface area contributed by atoms with Gasteiger partial charge in [-0.1, -0.05) is 12.1 Å². The van der Waals surface area contributed by atoms with E-state index < -0.39 is 11.9 Å². The van der Waals surface area contributed by atoms with Crippen LogP contribution in [-0.4, -0.2) is 53.9 Å². The summed E-state index contributed by atoms with van der Waals surface area (Å²) < 4.78 is 45.8. The summed E-state index contributed by atoms with van der Waals surface area (Å²) >= 11 is 0. The summed E-state index contributed by atoms with van der Waals surface area (Å²) in [6.07, 6.45) is -2.82. The number of methoxy groups -OCH3 is 1. The molecule has 9 heteroatoms. The first-order valence-corrected chi connectivity index (χ1v) is 9.67. The molecule has 29 heavy (non-hydrogen) atoms. The van der Waals surface area contributed by atoms with Crippen LogP contribution in [0, 0.1) is 0 Å². The predicted octanol–water partition coefficient (Wildman–Crippen LogP) is 3.14. The fourth-order valence-electron chi connectivity index (χ4n) is 3.72. The van der Waals surface area contributed by atoms with E-state index in [1.807, 2.05) is 24.3 Å². The van der Waals surface area contributed by atoms with Crippen molar-refractivity contribution in [1.29, 1.82) is 0 Å². The van der Waals surface area contributed by atoms with Gasteiger partial charge in [0.15, 0.2) is 5.69 Å². The first-order valence-electron chi connectivity index (χ1n) is 9.67. The average molecular weight is 408 g/mol. The number of amides is 1. The molecule has 4 rings (SSSR count). The second-order valence-electron chi connectivity index (χ2n) is 7.42. The number of alkyl halides is 3. The third kappa shape index (κ3) is 4.18. The average Bonchev–Trinajstić information content (AvgIpc) is 3.47. The highest BCUT2D eigenvalue weighted by atomic mass is 19.4. The van der Waals surface area contributed by atoms with Gasteiger partial charge in [-0.3, -0.25) is 9.48 Å². The number of hydrogen-bond donors (Lipinski definition) is 0. The van der Waals surface area contributed by atoms with Crippen molar-refractivity contribution < 1.29 is 22.7 Å². The molecule has 0 atom stereocenters. The normalized spacial score (nSPS) is 17.5. The van der Waals surface area contributed by atoms with Crippen LogP contribution in [0.5, 0.6) is 5.75 Å². The molecule has 1 saturated heterocycles. The number of ether oxygens (including phenoxy) is 1. The smallest absolute Gasteiger partial charge is 0.435 e. The first-order chi connectivity index (χ1) is 13.9. The minimum atomic E-state index is -4.50. The van der Waals surface area contributed by atoms with Crippen molar-refractivity contribution in [2.24, 2.45) is 0 Å². The summed E-state index contributed by atoms with van der Waals surface area (Å²) in [7, 11) is 1.62. The summed E-state index contributed by atoms with van der Waals surface area (Å²) in [5, 5.41) is 3.68. The van der Waals surface area contributed by atoms with Gasteiger partial charge in [0, 0.05) is 37.8 Å². The molecule has 2 aromatic rings. The largest absolute Gasteiger partial charge is 0.495 e. The van der Waals surface area contributed by atoms with Crippen LogP contribution in [0.4, 0.5) is 18.9 Å². The number of carbonyl (C=O) groups is 1. The predicted molar refractivity (Wildman–Crippen MR) is 101 cm³/mol. The fraction of sp³-hybridized carbons (Fsp3) is 0.500. The Bertz CT molecular complexity index is 884. The number of halogens is 3. The SMILES string of the molecule is COc1ccccc1N1CCN(C(=O)Cn2nc(C(F)(F)F)cc2C2CC2)CC1. The molecular formula is C20H23F3N4O2. The summed E-state index contributed by atoms with van der Waals surface area (Å²) in [6.45, 7) is 2.12. The number of hydrogen-bond acceptors (Lipinski definition) is 4. The second-order valence-corrected chi connectivity index (χ2v) is 7.42. The lowest BCUT2D eigenvalue weighted by Crippen LogP contribution is -2.49. The maximum atomic E-state index is 13.0. The highest BCUT2D eigenvalue weighted by Crippen LogP contribution is 2.42. The van der Waals surface area contributed by atoms with Crippen LogP contribution in [-0.2, 0) is 17.5 Å².